The molecule has 0 aromatic heterocycles. The molecule has 88 valence electrons. The van der Waals surface area contributed by atoms with Gasteiger partial charge in [-0.1, -0.05) is 23.7 Å². The highest BCUT2D eigenvalue weighted by molar-refractivity contribution is 6.30. The summed E-state index contributed by atoms with van der Waals surface area (Å²) in [4.78, 5) is 0. The molecule has 4 heteroatoms. The highest BCUT2D eigenvalue weighted by Crippen LogP contribution is 2.28. The van der Waals surface area contributed by atoms with E-state index in [4.69, 9.17) is 17.3 Å². The zero-order valence-corrected chi connectivity index (χ0v) is 9.66. The van der Waals surface area contributed by atoms with Gasteiger partial charge in [0.15, 0.2) is 0 Å². The average molecular weight is 252 g/mol. The highest BCUT2D eigenvalue weighted by atomic mass is 35.5. The van der Waals surface area contributed by atoms with Gasteiger partial charge in [-0.3, -0.25) is 0 Å². The van der Waals surface area contributed by atoms with E-state index in [0.717, 1.165) is 0 Å². The minimum Gasteiger partial charge on any atom is -0.398 e. The molecule has 0 saturated carbocycles. The number of halogens is 2. The molecule has 0 aliphatic heterocycles. The topological polar surface area (TPSA) is 46.2 Å². The van der Waals surface area contributed by atoms with Gasteiger partial charge in [-0.2, -0.15) is 0 Å². The predicted molar refractivity (Wildman–Crippen MR) is 66.3 cm³/mol. The van der Waals surface area contributed by atoms with Crippen LogP contribution in [0.15, 0.2) is 42.5 Å². The molecule has 17 heavy (non-hydrogen) atoms. The van der Waals surface area contributed by atoms with Crippen LogP contribution < -0.4 is 5.73 Å². The third-order valence-electron chi connectivity index (χ3n) is 2.51. The lowest BCUT2D eigenvalue weighted by atomic mass is 10.00. The first-order valence-electron chi connectivity index (χ1n) is 5.06. The van der Waals surface area contributed by atoms with E-state index in [1.165, 1.54) is 18.2 Å². The molecule has 0 saturated heterocycles. The normalized spacial score (nSPS) is 12.4. The number of rotatable bonds is 2. The molecule has 3 N–H and O–H groups in total. The van der Waals surface area contributed by atoms with Crippen molar-refractivity contribution in [3.05, 3.63) is 64.4 Å². The lowest BCUT2D eigenvalue weighted by Crippen LogP contribution is -2.04. The van der Waals surface area contributed by atoms with Crippen LogP contribution in [-0.4, -0.2) is 5.11 Å². The van der Waals surface area contributed by atoms with Gasteiger partial charge in [-0.05, 0) is 35.9 Å². The molecule has 0 aliphatic carbocycles. The van der Waals surface area contributed by atoms with E-state index in [2.05, 4.69) is 0 Å². The van der Waals surface area contributed by atoms with E-state index in [1.807, 2.05) is 0 Å². The second-order valence-corrected chi connectivity index (χ2v) is 4.17. The van der Waals surface area contributed by atoms with Crippen LogP contribution in [0, 0.1) is 5.82 Å². The predicted octanol–water partition coefficient (Wildman–Crippen LogP) is 3.14. The minimum atomic E-state index is -0.982. The summed E-state index contributed by atoms with van der Waals surface area (Å²) >= 11 is 5.83. The van der Waals surface area contributed by atoms with Crippen LogP contribution in [0.3, 0.4) is 0 Å². The molecular formula is C13H11ClFNO. The van der Waals surface area contributed by atoms with Crippen LogP contribution >= 0.6 is 11.6 Å². The Labute approximate surface area is 103 Å². The van der Waals surface area contributed by atoms with Crippen molar-refractivity contribution in [3.8, 4) is 0 Å². The summed E-state index contributed by atoms with van der Waals surface area (Å²) in [6.07, 6.45) is -0.982. The van der Waals surface area contributed by atoms with Gasteiger partial charge in [0.2, 0.25) is 0 Å². The van der Waals surface area contributed by atoms with Crippen molar-refractivity contribution in [1.29, 1.82) is 0 Å². The molecule has 0 aliphatic rings. The SMILES string of the molecule is Nc1ccc(F)cc1C(O)c1cccc(Cl)c1. The molecule has 2 rings (SSSR count). The number of nitrogens with two attached hydrogens (primary N) is 1. The fourth-order valence-corrected chi connectivity index (χ4v) is 1.84. The molecule has 0 bridgehead atoms. The number of aliphatic hydroxyl groups is 1. The van der Waals surface area contributed by atoms with E-state index in [0.29, 0.717) is 21.8 Å². The smallest absolute Gasteiger partial charge is 0.123 e. The van der Waals surface area contributed by atoms with E-state index in [1.54, 1.807) is 24.3 Å². The summed E-state index contributed by atoms with van der Waals surface area (Å²) in [5, 5.41) is 10.6. The van der Waals surface area contributed by atoms with Crippen LogP contribution in [0.5, 0.6) is 0 Å². The zero-order valence-electron chi connectivity index (χ0n) is 8.90. The molecular weight excluding hydrogens is 241 g/mol. The Kier molecular flexibility index (Phi) is 3.31. The standard InChI is InChI=1S/C13H11ClFNO/c14-9-3-1-2-8(6-9)13(17)11-7-10(15)4-5-12(11)16/h1-7,13,17H,16H2. The summed E-state index contributed by atoms with van der Waals surface area (Å²) in [5.41, 5.74) is 6.97. The van der Waals surface area contributed by atoms with Crippen molar-refractivity contribution < 1.29 is 9.50 Å². The highest BCUT2D eigenvalue weighted by Gasteiger charge is 2.14. The Morgan fingerprint density at radius 2 is 1.94 bits per heavy atom. The van der Waals surface area contributed by atoms with Crippen LogP contribution in [0.25, 0.3) is 0 Å². The number of nitrogen functional groups attached to an aromatic ring is 1. The molecule has 1 unspecified atom stereocenters. The molecule has 0 fully saturated rings. The maximum absolute atomic E-state index is 13.1. The van der Waals surface area contributed by atoms with Gasteiger partial charge in [0.25, 0.3) is 0 Å². The quantitative estimate of drug-likeness (QED) is 0.806. The fraction of sp³-hybridized carbons (Fsp3) is 0.0769. The van der Waals surface area contributed by atoms with Gasteiger partial charge in [0.05, 0.1) is 0 Å². The van der Waals surface area contributed by atoms with Gasteiger partial charge in [0.1, 0.15) is 11.9 Å². The molecule has 0 amide bonds. The molecule has 0 spiro atoms. The summed E-state index contributed by atoms with van der Waals surface area (Å²) < 4.78 is 13.1. The number of anilines is 1. The van der Waals surface area contributed by atoms with Gasteiger partial charge in [-0.15, -0.1) is 0 Å². The minimum absolute atomic E-state index is 0.340. The summed E-state index contributed by atoms with van der Waals surface area (Å²) in [7, 11) is 0. The van der Waals surface area contributed by atoms with Crippen molar-refractivity contribution >= 4 is 17.3 Å². The first-order chi connectivity index (χ1) is 8.08. The van der Waals surface area contributed by atoms with Crippen molar-refractivity contribution in [2.75, 3.05) is 5.73 Å². The van der Waals surface area contributed by atoms with Crippen molar-refractivity contribution in [2.45, 2.75) is 6.10 Å². The maximum atomic E-state index is 13.1. The summed E-state index contributed by atoms with van der Waals surface area (Å²) in [5.74, 6) is -0.435. The van der Waals surface area contributed by atoms with Crippen LogP contribution in [0.1, 0.15) is 17.2 Å². The van der Waals surface area contributed by atoms with E-state index in [9.17, 15) is 9.50 Å². The van der Waals surface area contributed by atoms with Crippen LogP contribution in [-0.2, 0) is 0 Å². The largest absolute Gasteiger partial charge is 0.398 e. The van der Waals surface area contributed by atoms with Gasteiger partial charge in [0, 0.05) is 16.3 Å². The number of aliphatic hydroxyl groups excluding tert-OH is 1. The molecule has 0 radical (unpaired) electrons. The van der Waals surface area contributed by atoms with Crippen molar-refractivity contribution in [3.63, 3.8) is 0 Å². The van der Waals surface area contributed by atoms with Crippen molar-refractivity contribution in [2.24, 2.45) is 0 Å². The van der Waals surface area contributed by atoms with E-state index in [-0.39, 0.29) is 0 Å². The Morgan fingerprint density at radius 3 is 2.65 bits per heavy atom. The lowest BCUT2D eigenvalue weighted by molar-refractivity contribution is 0.220. The first kappa shape index (κ1) is 11.9. The summed E-state index contributed by atoms with van der Waals surface area (Å²) in [6.45, 7) is 0. The Balaban J connectivity index is 2.43. The fourth-order valence-electron chi connectivity index (χ4n) is 1.64. The lowest BCUT2D eigenvalue weighted by Gasteiger charge is -2.14. The second kappa shape index (κ2) is 4.73. The monoisotopic (exact) mass is 251 g/mol. The molecule has 1 atom stereocenters. The maximum Gasteiger partial charge on any atom is 0.123 e. The van der Waals surface area contributed by atoms with Gasteiger partial charge >= 0.3 is 0 Å². The number of hydrogen-bond donors (Lipinski definition) is 2. The van der Waals surface area contributed by atoms with Crippen LogP contribution in [0.4, 0.5) is 10.1 Å². The van der Waals surface area contributed by atoms with E-state index >= 15 is 0 Å². The van der Waals surface area contributed by atoms with E-state index < -0.39 is 11.9 Å². The van der Waals surface area contributed by atoms with Crippen LogP contribution in [0.2, 0.25) is 5.02 Å². The molecule has 2 aromatic carbocycles. The third kappa shape index (κ3) is 2.57. The Morgan fingerprint density at radius 1 is 1.18 bits per heavy atom. The molecule has 2 aromatic rings. The number of benzene rings is 2. The molecule has 0 heterocycles. The molecule has 2 nitrogen and oxygen atoms in total. The van der Waals surface area contributed by atoms with Gasteiger partial charge < -0.3 is 10.8 Å². The zero-order chi connectivity index (χ0) is 12.4. The number of hydrogen-bond acceptors (Lipinski definition) is 2. The summed E-state index contributed by atoms with van der Waals surface area (Å²) in [6, 6.07) is 10.7. The Bertz CT molecular complexity index is 545. The van der Waals surface area contributed by atoms with Gasteiger partial charge in [-0.25, -0.2) is 4.39 Å². The Hall–Kier alpha value is -1.58. The van der Waals surface area contributed by atoms with Crippen molar-refractivity contribution in [1.82, 2.24) is 0 Å². The average Bonchev–Trinajstić information content (AvgIpc) is 2.31. The second-order valence-electron chi connectivity index (χ2n) is 3.73. The third-order valence-corrected chi connectivity index (χ3v) is 2.74. The first-order valence-corrected chi connectivity index (χ1v) is 5.44.